The lowest BCUT2D eigenvalue weighted by atomic mass is 9.75. The fourth-order valence-electron chi connectivity index (χ4n) is 2.56. The molecule has 1 heterocycles. The number of carbonyl (C=O) groups is 2. The maximum Gasteiger partial charge on any atom is 0.327 e. The summed E-state index contributed by atoms with van der Waals surface area (Å²) in [6.07, 6.45) is 3.35. The molecule has 1 aliphatic heterocycles. The highest BCUT2D eigenvalue weighted by atomic mass is 32.2. The number of thioether (sulfide) groups is 1. The minimum atomic E-state index is -0.925. The Morgan fingerprint density at radius 3 is 2.63 bits per heavy atom. The first-order chi connectivity index (χ1) is 8.96. The van der Waals surface area contributed by atoms with Crippen LogP contribution in [0.2, 0.25) is 0 Å². The second-order valence-corrected chi connectivity index (χ2v) is 6.45. The summed E-state index contributed by atoms with van der Waals surface area (Å²) in [5, 5.41) is 12.0. The van der Waals surface area contributed by atoms with Crippen molar-refractivity contribution in [1.29, 1.82) is 0 Å². The number of aliphatic carboxylic acids is 1. The molecule has 108 valence electrons. The second kappa shape index (κ2) is 5.58. The topological polar surface area (TPSA) is 72.9 Å². The zero-order valence-corrected chi connectivity index (χ0v) is 12.2. The van der Waals surface area contributed by atoms with Crippen LogP contribution in [0.15, 0.2) is 0 Å². The summed E-state index contributed by atoms with van der Waals surface area (Å²) in [4.78, 5) is 26.7. The van der Waals surface area contributed by atoms with E-state index in [0.717, 1.165) is 12.8 Å². The SMILES string of the molecule is CN(C)C1(CNC(=O)N2CSC[C@H]2C(=O)O)CCC1. The minimum absolute atomic E-state index is 0.0568. The maximum absolute atomic E-state index is 12.1. The number of hydrogen-bond acceptors (Lipinski definition) is 4. The summed E-state index contributed by atoms with van der Waals surface area (Å²) in [6.45, 7) is 0.590. The molecule has 0 bridgehead atoms. The van der Waals surface area contributed by atoms with Gasteiger partial charge in [-0.1, -0.05) is 0 Å². The van der Waals surface area contributed by atoms with Gasteiger partial charge in [-0.15, -0.1) is 11.8 Å². The summed E-state index contributed by atoms with van der Waals surface area (Å²) in [5.41, 5.74) is 0.0568. The number of rotatable bonds is 4. The number of hydrogen-bond donors (Lipinski definition) is 2. The molecule has 6 nitrogen and oxygen atoms in total. The smallest absolute Gasteiger partial charge is 0.327 e. The van der Waals surface area contributed by atoms with Gasteiger partial charge in [0.25, 0.3) is 0 Å². The first kappa shape index (κ1) is 14.5. The van der Waals surface area contributed by atoms with Crippen LogP contribution in [0.25, 0.3) is 0 Å². The number of amides is 2. The molecular weight excluding hydrogens is 266 g/mol. The normalized spacial score (nSPS) is 25.2. The van der Waals surface area contributed by atoms with Gasteiger partial charge in [-0.05, 0) is 33.4 Å². The maximum atomic E-state index is 12.1. The van der Waals surface area contributed by atoms with E-state index in [0.29, 0.717) is 18.2 Å². The zero-order valence-electron chi connectivity index (χ0n) is 11.4. The molecule has 1 atom stereocenters. The lowest BCUT2D eigenvalue weighted by Gasteiger charge is -2.47. The predicted octanol–water partition coefficient (Wildman–Crippen LogP) is 0.640. The fourth-order valence-corrected chi connectivity index (χ4v) is 3.70. The summed E-state index contributed by atoms with van der Waals surface area (Å²) in [5.74, 6) is 0.00501. The Morgan fingerprint density at radius 2 is 2.16 bits per heavy atom. The van der Waals surface area contributed by atoms with Crippen LogP contribution in [0, 0.1) is 0 Å². The van der Waals surface area contributed by atoms with E-state index in [9.17, 15) is 9.59 Å². The average molecular weight is 287 g/mol. The Morgan fingerprint density at radius 1 is 1.47 bits per heavy atom. The van der Waals surface area contributed by atoms with Gasteiger partial charge in [-0.25, -0.2) is 9.59 Å². The molecular formula is C12H21N3O3S. The van der Waals surface area contributed by atoms with Crippen LogP contribution in [0.4, 0.5) is 4.79 Å². The van der Waals surface area contributed by atoms with Gasteiger partial charge in [0, 0.05) is 17.8 Å². The van der Waals surface area contributed by atoms with E-state index in [1.807, 2.05) is 14.1 Å². The molecule has 0 spiro atoms. The fraction of sp³-hybridized carbons (Fsp3) is 0.833. The van der Waals surface area contributed by atoms with Gasteiger partial charge in [0.2, 0.25) is 0 Å². The van der Waals surface area contributed by atoms with Crippen molar-refractivity contribution in [2.75, 3.05) is 32.3 Å². The van der Waals surface area contributed by atoms with Gasteiger partial charge in [-0.3, -0.25) is 0 Å². The van der Waals surface area contributed by atoms with Crippen LogP contribution in [-0.4, -0.2) is 70.8 Å². The minimum Gasteiger partial charge on any atom is -0.480 e. The number of carbonyl (C=O) groups excluding carboxylic acids is 1. The van der Waals surface area contributed by atoms with Crippen molar-refractivity contribution in [2.24, 2.45) is 0 Å². The Kier molecular flexibility index (Phi) is 4.25. The Labute approximate surface area is 117 Å². The summed E-state index contributed by atoms with van der Waals surface area (Å²) in [7, 11) is 4.05. The van der Waals surface area contributed by atoms with Crippen LogP contribution in [-0.2, 0) is 4.79 Å². The molecule has 2 N–H and O–H groups in total. The third-order valence-corrected chi connectivity index (χ3v) is 5.24. The van der Waals surface area contributed by atoms with Crippen LogP contribution >= 0.6 is 11.8 Å². The Hall–Kier alpha value is -0.950. The molecule has 19 heavy (non-hydrogen) atoms. The second-order valence-electron chi connectivity index (χ2n) is 5.45. The lowest BCUT2D eigenvalue weighted by Crippen LogP contribution is -2.59. The van der Waals surface area contributed by atoms with Gasteiger partial charge in [0.05, 0.1) is 5.88 Å². The van der Waals surface area contributed by atoms with Gasteiger partial charge in [0.1, 0.15) is 6.04 Å². The highest BCUT2D eigenvalue weighted by Crippen LogP contribution is 2.35. The summed E-state index contributed by atoms with van der Waals surface area (Å²) >= 11 is 1.48. The molecule has 0 aromatic heterocycles. The van der Waals surface area contributed by atoms with E-state index in [4.69, 9.17) is 5.11 Å². The van der Waals surface area contributed by atoms with Gasteiger partial charge >= 0.3 is 12.0 Å². The van der Waals surface area contributed by atoms with Gasteiger partial charge in [0.15, 0.2) is 0 Å². The van der Waals surface area contributed by atoms with Gasteiger partial charge < -0.3 is 20.2 Å². The van der Waals surface area contributed by atoms with Crippen molar-refractivity contribution in [1.82, 2.24) is 15.1 Å². The number of carboxylic acid groups (broad SMARTS) is 1. The molecule has 0 aromatic rings. The number of urea groups is 1. The molecule has 2 fully saturated rings. The van der Waals surface area contributed by atoms with Crippen LogP contribution in [0.3, 0.4) is 0 Å². The number of nitrogens with zero attached hydrogens (tertiary/aromatic N) is 2. The van der Waals surface area contributed by atoms with Crippen molar-refractivity contribution in [3.63, 3.8) is 0 Å². The third kappa shape index (κ3) is 2.81. The molecule has 2 aliphatic rings. The van der Waals surface area contributed by atoms with Crippen LogP contribution < -0.4 is 5.32 Å². The molecule has 1 saturated carbocycles. The first-order valence-electron chi connectivity index (χ1n) is 6.49. The van der Waals surface area contributed by atoms with E-state index in [2.05, 4.69) is 10.2 Å². The van der Waals surface area contributed by atoms with Crippen LogP contribution in [0.5, 0.6) is 0 Å². The largest absolute Gasteiger partial charge is 0.480 e. The average Bonchev–Trinajstić information content (AvgIpc) is 2.75. The van der Waals surface area contributed by atoms with Crippen molar-refractivity contribution in [3.8, 4) is 0 Å². The number of nitrogens with one attached hydrogen (secondary N) is 1. The summed E-state index contributed by atoms with van der Waals surface area (Å²) < 4.78 is 0. The zero-order chi connectivity index (χ0) is 14.0. The third-order valence-electron chi connectivity index (χ3n) is 4.23. The standard InChI is InChI=1S/C12H21N3O3S/c1-14(2)12(4-3-5-12)7-13-11(18)15-8-19-6-9(15)10(16)17/h9H,3-8H2,1-2H3,(H,13,18)(H,16,17)/t9-/m0/s1. The Bertz CT molecular complexity index is 371. The Balaban J connectivity index is 1.89. The van der Waals surface area contributed by atoms with Crippen molar-refractivity contribution in [2.45, 2.75) is 30.8 Å². The molecule has 0 unspecified atom stereocenters. The first-order valence-corrected chi connectivity index (χ1v) is 7.64. The number of carboxylic acids is 1. The lowest BCUT2D eigenvalue weighted by molar-refractivity contribution is -0.140. The molecule has 0 radical (unpaired) electrons. The molecule has 0 aromatic carbocycles. The van der Waals surface area contributed by atoms with E-state index in [1.165, 1.54) is 23.1 Å². The monoisotopic (exact) mass is 287 g/mol. The van der Waals surface area contributed by atoms with E-state index >= 15 is 0 Å². The predicted molar refractivity (Wildman–Crippen MR) is 74.3 cm³/mol. The van der Waals surface area contributed by atoms with E-state index in [1.54, 1.807) is 0 Å². The van der Waals surface area contributed by atoms with Crippen molar-refractivity contribution in [3.05, 3.63) is 0 Å². The molecule has 2 rings (SSSR count). The number of likely N-dealkylation sites (N-methyl/N-ethyl adjacent to an activating group) is 1. The molecule has 1 saturated heterocycles. The molecule has 2 amide bonds. The van der Waals surface area contributed by atoms with Crippen molar-refractivity contribution >= 4 is 23.8 Å². The van der Waals surface area contributed by atoms with E-state index in [-0.39, 0.29) is 11.6 Å². The van der Waals surface area contributed by atoms with Gasteiger partial charge in [-0.2, -0.15) is 0 Å². The highest BCUT2D eigenvalue weighted by molar-refractivity contribution is 7.99. The highest BCUT2D eigenvalue weighted by Gasteiger charge is 2.40. The van der Waals surface area contributed by atoms with Crippen molar-refractivity contribution < 1.29 is 14.7 Å². The summed E-state index contributed by atoms with van der Waals surface area (Å²) in [6, 6.07) is -0.952. The van der Waals surface area contributed by atoms with E-state index < -0.39 is 12.0 Å². The molecule has 1 aliphatic carbocycles. The quantitative estimate of drug-likeness (QED) is 0.794. The molecule has 7 heteroatoms. The van der Waals surface area contributed by atoms with Crippen LogP contribution in [0.1, 0.15) is 19.3 Å².